The zero-order valence-corrected chi connectivity index (χ0v) is 11.1. The second-order valence-corrected chi connectivity index (χ2v) is 4.44. The molecule has 0 aliphatic carbocycles. The Kier molecular flexibility index (Phi) is 5.50. The lowest BCUT2D eigenvalue weighted by atomic mass is 10.2. The van der Waals surface area contributed by atoms with Crippen molar-refractivity contribution in [3.8, 4) is 5.75 Å². The summed E-state index contributed by atoms with van der Waals surface area (Å²) in [7, 11) is 0. The van der Waals surface area contributed by atoms with E-state index in [9.17, 15) is 8.78 Å². The number of benzene rings is 2. The monoisotopic (exact) mass is 277 g/mol. The van der Waals surface area contributed by atoms with Gasteiger partial charge < -0.3 is 10.1 Å². The first-order valence-corrected chi connectivity index (χ1v) is 6.48. The van der Waals surface area contributed by atoms with E-state index < -0.39 is 6.43 Å². The Morgan fingerprint density at radius 3 is 2.25 bits per heavy atom. The van der Waals surface area contributed by atoms with Crippen LogP contribution in [0.4, 0.5) is 8.78 Å². The van der Waals surface area contributed by atoms with Gasteiger partial charge in [-0.3, -0.25) is 0 Å². The van der Waals surface area contributed by atoms with Crippen LogP contribution in [0.25, 0.3) is 0 Å². The summed E-state index contributed by atoms with van der Waals surface area (Å²) in [6, 6.07) is 17.4. The molecular formula is C16H17F2NO. The molecule has 0 atom stereocenters. The van der Waals surface area contributed by atoms with Gasteiger partial charge in [0.2, 0.25) is 0 Å². The highest BCUT2D eigenvalue weighted by atomic mass is 19.3. The highest BCUT2D eigenvalue weighted by molar-refractivity contribution is 5.27. The molecule has 2 nitrogen and oxygen atoms in total. The normalized spacial score (nSPS) is 10.8. The number of nitrogens with one attached hydrogen (secondary N) is 1. The average molecular weight is 277 g/mol. The minimum Gasteiger partial charge on any atom is -0.489 e. The number of ether oxygens (including phenoxy) is 1. The molecule has 2 aromatic rings. The van der Waals surface area contributed by atoms with Gasteiger partial charge in [0.25, 0.3) is 6.43 Å². The zero-order valence-electron chi connectivity index (χ0n) is 11.1. The fourth-order valence-electron chi connectivity index (χ4n) is 1.77. The first-order valence-electron chi connectivity index (χ1n) is 6.48. The molecule has 0 unspecified atom stereocenters. The summed E-state index contributed by atoms with van der Waals surface area (Å²) in [6.45, 7) is 0.666. The number of hydrogen-bond acceptors (Lipinski definition) is 2. The van der Waals surface area contributed by atoms with Crippen molar-refractivity contribution in [1.29, 1.82) is 0 Å². The largest absolute Gasteiger partial charge is 0.489 e. The van der Waals surface area contributed by atoms with Crippen molar-refractivity contribution in [2.24, 2.45) is 0 Å². The molecule has 2 rings (SSSR count). The van der Waals surface area contributed by atoms with Crippen molar-refractivity contribution in [3.63, 3.8) is 0 Å². The molecule has 1 N–H and O–H groups in total. The summed E-state index contributed by atoms with van der Waals surface area (Å²) in [5, 5.41) is 2.69. The van der Waals surface area contributed by atoms with Gasteiger partial charge in [0.15, 0.2) is 0 Å². The van der Waals surface area contributed by atoms with Crippen LogP contribution in [0.5, 0.6) is 5.75 Å². The molecule has 20 heavy (non-hydrogen) atoms. The van der Waals surface area contributed by atoms with Gasteiger partial charge in [-0.1, -0.05) is 42.5 Å². The molecule has 0 bridgehead atoms. The van der Waals surface area contributed by atoms with Crippen LogP contribution in [-0.4, -0.2) is 13.0 Å². The van der Waals surface area contributed by atoms with Gasteiger partial charge >= 0.3 is 0 Å². The SMILES string of the molecule is FC(F)CNCc1ccc(OCc2ccccc2)cc1. The van der Waals surface area contributed by atoms with Crippen LogP contribution in [0.2, 0.25) is 0 Å². The average Bonchev–Trinajstić information content (AvgIpc) is 2.47. The quantitative estimate of drug-likeness (QED) is 0.834. The topological polar surface area (TPSA) is 21.3 Å². The molecule has 0 aromatic heterocycles. The Labute approximate surface area is 117 Å². The molecular weight excluding hydrogens is 260 g/mol. The van der Waals surface area contributed by atoms with Crippen LogP contribution in [0.3, 0.4) is 0 Å². The van der Waals surface area contributed by atoms with Gasteiger partial charge in [-0.25, -0.2) is 8.78 Å². The number of rotatable bonds is 7. The second-order valence-electron chi connectivity index (χ2n) is 4.44. The van der Waals surface area contributed by atoms with Crippen molar-refractivity contribution in [2.45, 2.75) is 19.6 Å². The predicted octanol–water partition coefficient (Wildman–Crippen LogP) is 3.62. The molecule has 0 heterocycles. The minimum absolute atomic E-state index is 0.285. The highest BCUT2D eigenvalue weighted by Gasteiger charge is 2.01. The zero-order chi connectivity index (χ0) is 14.2. The summed E-state index contributed by atoms with van der Waals surface area (Å²) in [4.78, 5) is 0. The number of alkyl halides is 2. The van der Waals surface area contributed by atoms with Gasteiger partial charge in [-0.15, -0.1) is 0 Å². The molecule has 2 aromatic carbocycles. The first kappa shape index (κ1) is 14.5. The summed E-state index contributed by atoms with van der Waals surface area (Å²) in [5.74, 6) is 0.770. The number of halogens is 2. The molecule has 0 aliphatic rings. The van der Waals surface area contributed by atoms with Gasteiger partial charge in [-0.2, -0.15) is 0 Å². The maximum Gasteiger partial charge on any atom is 0.250 e. The predicted molar refractivity (Wildman–Crippen MR) is 74.9 cm³/mol. The van der Waals surface area contributed by atoms with E-state index in [0.717, 1.165) is 16.9 Å². The van der Waals surface area contributed by atoms with Crippen LogP contribution in [-0.2, 0) is 13.2 Å². The standard InChI is InChI=1S/C16H17F2NO/c17-16(18)11-19-10-13-6-8-15(9-7-13)20-12-14-4-2-1-3-5-14/h1-9,16,19H,10-12H2. The highest BCUT2D eigenvalue weighted by Crippen LogP contribution is 2.14. The molecule has 0 amide bonds. The lowest BCUT2D eigenvalue weighted by molar-refractivity contribution is 0.145. The molecule has 0 saturated carbocycles. The van der Waals surface area contributed by atoms with Crippen LogP contribution >= 0.6 is 0 Å². The Balaban J connectivity index is 1.79. The molecule has 106 valence electrons. The third-order valence-electron chi connectivity index (χ3n) is 2.80. The molecule has 0 saturated heterocycles. The van der Waals surface area contributed by atoms with E-state index in [-0.39, 0.29) is 6.54 Å². The van der Waals surface area contributed by atoms with Crippen molar-refractivity contribution in [1.82, 2.24) is 5.32 Å². The number of hydrogen-bond donors (Lipinski definition) is 1. The molecule has 0 aliphatic heterocycles. The second kappa shape index (κ2) is 7.60. The van der Waals surface area contributed by atoms with Gasteiger partial charge in [0.05, 0.1) is 6.54 Å². The summed E-state index contributed by atoms with van der Waals surface area (Å²) < 4.78 is 29.6. The molecule has 0 fully saturated rings. The fourth-order valence-corrected chi connectivity index (χ4v) is 1.77. The van der Waals surface area contributed by atoms with Crippen LogP contribution in [0, 0.1) is 0 Å². The summed E-state index contributed by atoms with van der Waals surface area (Å²) in [5.41, 5.74) is 2.06. The van der Waals surface area contributed by atoms with Crippen molar-refractivity contribution in [2.75, 3.05) is 6.54 Å². The van der Waals surface area contributed by atoms with Gasteiger partial charge in [-0.05, 0) is 23.3 Å². The Hall–Kier alpha value is -1.94. The fraction of sp³-hybridized carbons (Fsp3) is 0.250. The van der Waals surface area contributed by atoms with Crippen molar-refractivity contribution in [3.05, 3.63) is 65.7 Å². The van der Waals surface area contributed by atoms with E-state index in [4.69, 9.17) is 4.74 Å². The summed E-state index contributed by atoms with van der Waals surface area (Å²) in [6.07, 6.45) is -2.32. The van der Waals surface area contributed by atoms with Crippen LogP contribution < -0.4 is 10.1 Å². The Morgan fingerprint density at radius 2 is 1.60 bits per heavy atom. The van der Waals surface area contributed by atoms with E-state index in [2.05, 4.69) is 5.32 Å². The Morgan fingerprint density at radius 1 is 0.900 bits per heavy atom. The van der Waals surface area contributed by atoms with Crippen LogP contribution in [0.1, 0.15) is 11.1 Å². The van der Waals surface area contributed by atoms with E-state index in [1.165, 1.54) is 0 Å². The maximum atomic E-state index is 12.0. The molecule has 0 spiro atoms. The lowest BCUT2D eigenvalue weighted by Crippen LogP contribution is -2.20. The van der Waals surface area contributed by atoms with Crippen LogP contribution in [0.15, 0.2) is 54.6 Å². The molecule has 0 radical (unpaired) electrons. The smallest absolute Gasteiger partial charge is 0.250 e. The Bertz CT molecular complexity index is 500. The summed E-state index contributed by atoms with van der Waals surface area (Å²) >= 11 is 0. The third kappa shape index (κ3) is 4.97. The minimum atomic E-state index is -2.32. The van der Waals surface area contributed by atoms with Crippen molar-refractivity contribution >= 4 is 0 Å². The molecule has 4 heteroatoms. The van der Waals surface area contributed by atoms with Gasteiger partial charge in [0, 0.05) is 6.54 Å². The van der Waals surface area contributed by atoms with E-state index >= 15 is 0 Å². The van der Waals surface area contributed by atoms with E-state index in [1.54, 1.807) is 0 Å². The van der Waals surface area contributed by atoms with E-state index in [1.807, 2.05) is 54.6 Å². The first-order chi connectivity index (χ1) is 9.74. The third-order valence-corrected chi connectivity index (χ3v) is 2.80. The van der Waals surface area contributed by atoms with E-state index in [0.29, 0.717) is 13.2 Å². The lowest BCUT2D eigenvalue weighted by Gasteiger charge is -2.08. The van der Waals surface area contributed by atoms with Gasteiger partial charge in [0.1, 0.15) is 12.4 Å². The van der Waals surface area contributed by atoms with Crippen molar-refractivity contribution < 1.29 is 13.5 Å². The maximum absolute atomic E-state index is 12.0.